The summed E-state index contributed by atoms with van der Waals surface area (Å²) in [5, 5.41) is 0.935. The van der Waals surface area contributed by atoms with Gasteiger partial charge in [-0.1, -0.05) is 18.2 Å². The van der Waals surface area contributed by atoms with Crippen LogP contribution in [-0.4, -0.2) is 27.7 Å². The molecule has 2 saturated carbocycles. The molecular formula is C17H15N3O3. The maximum absolute atomic E-state index is 12.7. The Kier molecular flexibility index (Phi) is 2.42. The number of rotatable bonds is 2. The molecule has 116 valence electrons. The van der Waals surface area contributed by atoms with E-state index in [-0.39, 0.29) is 41.2 Å². The predicted octanol–water partition coefficient (Wildman–Crippen LogP) is 0.779. The fraction of sp³-hybridized carbons (Fsp3) is 0.412. The number of nitrogens with zero attached hydrogens (tertiary/aromatic N) is 2. The minimum Gasteiger partial charge on any atom is -0.272 e. The maximum Gasteiger partial charge on any atom is 0.288 e. The van der Waals surface area contributed by atoms with Gasteiger partial charge in [-0.3, -0.25) is 24.8 Å². The van der Waals surface area contributed by atoms with Crippen LogP contribution in [0.15, 0.2) is 36.5 Å². The fourth-order valence-electron chi connectivity index (χ4n) is 4.72. The first-order valence-corrected chi connectivity index (χ1v) is 7.95. The first-order chi connectivity index (χ1) is 11.2. The molecular weight excluding hydrogens is 294 g/mol. The van der Waals surface area contributed by atoms with E-state index in [0.717, 1.165) is 11.4 Å². The standard InChI is InChI=1S/C17H15N3O3/c21-15(12-3-1-2-6-18-12)19-20-16(22)13-8-4-5-9(11-7-10(8)11)14(13)17(20)23/h1-6,8-11,13-14H,7H2,(H,19,21)/t8?,9?,10?,11?,13-,14+. The third-order valence-corrected chi connectivity index (χ3v) is 5.77. The molecule has 5 aliphatic rings. The van der Waals surface area contributed by atoms with E-state index in [2.05, 4.69) is 22.6 Å². The molecule has 2 bridgehead atoms. The van der Waals surface area contributed by atoms with Crippen LogP contribution in [-0.2, 0) is 9.59 Å². The van der Waals surface area contributed by atoms with E-state index < -0.39 is 5.91 Å². The first-order valence-electron chi connectivity index (χ1n) is 7.95. The smallest absolute Gasteiger partial charge is 0.272 e. The Balaban J connectivity index is 1.42. The molecule has 1 saturated heterocycles. The Bertz CT molecular complexity index is 724. The van der Waals surface area contributed by atoms with Crippen molar-refractivity contribution in [2.75, 3.05) is 0 Å². The average molecular weight is 309 g/mol. The minimum atomic E-state index is -0.531. The molecule has 1 aliphatic heterocycles. The second-order valence-corrected chi connectivity index (χ2v) is 6.82. The fourth-order valence-corrected chi connectivity index (χ4v) is 4.72. The van der Waals surface area contributed by atoms with Crippen LogP contribution in [0.3, 0.4) is 0 Å². The summed E-state index contributed by atoms with van der Waals surface area (Å²) >= 11 is 0. The Morgan fingerprint density at radius 1 is 1.09 bits per heavy atom. The van der Waals surface area contributed by atoms with Crippen molar-refractivity contribution in [3.05, 3.63) is 42.2 Å². The number of nitrogens with one attached hydrogen (secondary N) is 1. The number of carbonyl (C=O) groups excluding carboxylic acids is 3. The number of allylic oxidation sites excluding steroid dienone is 2. The van der Waals surface area contributed by atoms with Gasteiger partial charge in [-0.25, -0.2) is 0 Å². The van der Waals surface area contributed by atoms with Crippen LogP contribution >= 0.6 is 0 Å². The average Bonchev–Trinajstić information content (AvgIpc) is 3.37. The summed E-state index contributed by atoms with van der Waals surface area (Å²) in [6.07, 6.45) is 6.83. The zero-order chi connectivity index (χ0) is 15.7. The van der Waals surface area contributed by atoms with Crippen LogP contribution in [0.1, 0.15) is 16.9 Å². The molecule has 1 aromatic heterocycles. The quantitative estimate of drug-likeness (QED) is 0.647. The zero-order valence-corrected chi connectivity index (χ0v) is 12.3. The summed E-state index contributed by atoms with van der Waals surface area (Å²) in [5.74, 6) is -0.259. The second kappa shape index (κ2) is 4.28. The highest BCUT2D eigenvalue weighted by Gasteiger charge is 2.67. The van der Waals surface area contributed by atoms with Gasteiger partial charge in [0.15, 0.2) is 0 Å². The summed E-state index contributed by atoms with van der Waals surface area (Å²) in [6, 6.07) is 4.94. The van der Waals surface area contributed by atoms with Crippen LogP contribution in [0, 0.1) is 35.5 Å². The summed E-state index contributed by atoms with van der Waals surface area (Å²) in [7, 11) is 0. The number of pyridine rings is 1. The normalized spacial score (nSPS) is 39.2. The van der Waals surface area contributed by atoms with Crippen molar-refractivity contribution in [1.82, 2.24) is 15.4 Å². The number of hydrogen-bond donors (Lipinski definition) is 1. The Morgan fingerprint density at radius 3 is 2.30 bits per heavy atom. The predicted molar refractivity (Wildman–Crippen MR) is 78.3 cm³/mol. The second-order valence-electron chi connectivity index (χ2n) is 6.82. The van der Waals surface area contributed by atoms with Crippen molar-refractivity contribution in [2.24, 2.45) is 35.5 Å². The lowest BCUT2D eigenvalue weighted by molar-refractivity contribution is -0.143. The lowest BCUT2D eigenvalue weighted by Crippen LogP contribution is -2.47. The number of aromatic nitrogens is 1. The van der Waals surface area contributed by atoms with Crippen LogP contribution in [0.2, 0.25) is 0 Å². The lowest BCUT2D eigenvalue weighted by atomic mass is 9.63. The molecule has 0 radical (unpaired) electrons. The summed E-state index contributed by atoms with van der Waals surface area (Å²) in [5.41, 5.74) is 2.64. The van der Waals surface area contributed by atoms with Gasteiger partial charge < -0.3 is 0 Å². The summed E-state index contributed by atoms with van der Waals surface area (Å²) in [6.45, 7) is 0. The molecule has 2 heterocycles. The van der Waals surface area contributed by atoms with Crippen molar-refractivity contribution < 1.29 is 14.4 Å². The van der Waals surface area contributed by atoms with E-state index in [4.69, 9.17) is 0 Å². The molecule has 3 amide bonds. The Hall–Kier alpha value is -2.50. The molecule has 23 heavy (non-hydrogen) atoms. The number of hydrogen-bond acceptors (Lipinski definition) is 4. The molecule has 6 atom stereocenters. The third kappa shape index (κ3) is 1.63. The van der Waals surface area contributed by atoms with Gasteiger partial charge in [0.2, 0.25) is 0 Å². The van der Waals surface area contributed by atoms with Crippen molar-refractivity contribution >= 4 is 17.7 Å². The van der Waals surface area contributed by atoms with E-state index in [9.17, 15) is 14.4 Å². The minimum absolute atomic E-state index is 0.156. The highest BCUT2D eigenvalue weighted by molar-refractivity contribution is 6.08. The zero-order valence-electron chi connectivity index (χ0n) is 12.3. The number of imide groups is 1. The molecule has 0 spiro atoms. The molecule has 4 unspecified atom stereocenters. The SMILES string of the molecule is O=C(NN1C(=O)[C@@H]2C3C=CC(C4CC43)[C@@H]2C1=O)c1ccccn1. The maximum atomic E-state index is 12.7. The van der Waals surface area contributed by atoms with E-state index in [1.54, 1.807) is 18.2 Å². The monoisotopic (exact) mass is 309 g/mol. The molecule has 1 aromatic rings. The molecule has 3 fully saturated rings. The molecule has 6 nitrogen and oxygen atoms in total. The van der Waals surface area contributed by atoms with Crippen LogP contribution < -0.4 is 5.43 Å². The molecule has 0 aromatic carbocycles. The topological polar surface area (TPSA) is 79.4 Å². The van der Waals surface area contributed by atoms with Gasteiger partial charge in [-0.15, -0.1) is 0 Å². The van der Waals surface area contributed by atoms with Gasteiger partial charge >= 0.3 is 0 Å². The number of hydrazine groups is 1. The van der Waals surface area contributed by atoms with Crippen molar-refractivity contribution in [1.29, 1.82) is 0 Å². The molecule has 6 rings (SSSR count). The first kappa shape index (κ1) is 13.0. The van der Waals surface area contributed by atoms with Crippen LogP contribution in [0.25, 0.3) is 0 Å². The van der Waals surface area contributed by atoms with Crippen molar-refractivity contribution in [3.8, 4) is 0 Å². The van der Waals surface area contributed by atoms with Crippen LogP contribution in [0.5, 0.6) is 0 Å². The Morgan fingerprint density at radius 2 is 1.74 bits per heavy atom. The molecule has 4 aliphatic carbocycles. The lowest BCUT2D eigenvalue weighted by Gasteiger charge is -2.37. The number of amides is 3. The van der Waals surface area contributed by atoms with E-state index >= 15 is 0 Å². The third-order valence-electron chi connectivity index (χ3n) is 5.77. The van der Waals surface area contributed by atoms with E-state index in [1.165, 1.54) is 6.20 Å². The van der Waals surface area contributed by atoms with E-state index in [0.29, 0.717) is 11.8 Å². The Labute approximate surface area is 132 Å². The highest BCUT2D eigenvalue weighted by Crippen LogP contribution is 2.65. The number of carbonyl (C=O) groups is 3. The van der Waals surface area contributed by atoms with E-state index in [1.807, 2.05) is 0 Å². The van der Waals surface area contributed by atoms with Gasteiger partial charge in [0.25, 0.3) is 17.7 Å². The van der Waals surface area contributed by atoms with Gasteiger partial charge in [0.05, 0.1) is 11.8 Å². The largest absolute Gasteiger partial charge is 0.288 e. The molecule has 6 heteroatoms. The van der Waals surface area contributed by atoms with Gasteiger partial charge in [-0.05, 0) is 42.2 Å². The van der Waals surface area contributed by atoms with Gasteiger partial charge in [0, 0.05) is 6.20 Å². The highest BCUT2D eigenvalue weighted by atomic mass is 16.2. The van der Waals surface area contributed by atoms with Crippen LogP contribution in [0.4, 0.5) is 0 Å². The van der Waals surface area contributed by atoms with Crippen molar-refractivity contribution in [2.45, 2.75) is 6.42 Å². The summed E-state index contributed by atoms with van der Waals surface area (Å²) in [4.78, 5) is 41.6. The van der Waals surface area contributed by atoms with Gasteiger partial charge in [0.1, 0.15) is 5.69 Å². The molecule has 1 N–H and O–H groups in total. The summed E-state index contributed by atoms with van der Waals surface area (Å²) < 4.78 is 0. The van der Waals surface area contributed by atoms with Crippen molar-refractivity contribution in [3.63, 3.8) is 0 Å². The van der Waals surface area contributed by atoms with Gasteiger partial charge in [-0.2, -0.15) is 5.01 Å².